The van der Waals surface area contributed by atoms with E-state index in [-0.39, 0.29) is 0 Å². The lowest BCUT2D eigenvalue weighted by atomic mass is 9.96. The average Bonchev–Trinajstić information content (AvgIpc) is 3.05. The molecule has 0 spiro atoms. The Morgan fingerprint density at radius 1 is 1.32 bits per heavy atom. The fraction of sp³-hybridized carbons (Fsp3) is 0.600. The molecule has 2 aliphatic carbocycles. The number of halogens is 1. The molecule has 3 nitrogen and oxygen atoms in total. The topological polar surface area (TPSA) is 38.7 Å². The molecule has 0 bridgehead atoms. The maximum absolute atomic E-state index is 10.1. The summed E-state index contributed by atoms with van der Waals surface area (Å²) < 4.78 is 12.3. The third-order valence-corrected chi connectivity index (χ3v) is 4.76. The summed E-state index contributed by atoms with van der Waals surface area (Å²) in [5.74, 6) is 1.56. The SMILES string of the molecule is COc1cc(Br)c(CC2(O)CC2)cc1OC1CCC1. The molecular formula is C15H19BrO3. The van der Waals surface area contributed by atoms with Crippen molar-refractivity contribution in [2.75, 3.05) is 7.11 Å². The first kappa shape index (κ1) is 13.3. The second kappa shape index (κ2) is 4.98. The van der Waals surface area contributed by atoms with Gasteiger partial charge >= 0.3 is 0 Å². The second-order valence-electron chi connectivity index (χ2n) is 5.67. The van der Waals surface area contributed by atoms with Crippen molar-refractivity contribution in [3.8, 4) is 11.5 Å². The van der Waals surface area contributed by atoms with Crippen LogP contribution in [0.25, 0.3) is 0 Å². The van der Waals surface area contributed by atoms with Crippen LogP contribution in [0.2, 0.25) is 0 Å². The van der Waals surface area contributed by atoms with Gasteiger partial charge in [0.2, 0.25) is 0 Å². The van der Waals surface area contributed by atoms with E-state index in [1.54, 1.807) is 7.11 Å². The largest absolute Gasteiger partial charge is 0.493 e. The molecule has 2 aliphatic rings. The van der Waals surface area contributed by atoms with E-state index in [2.05, 4.69) is 15.9 Å². The number of methoxy groups -OCH3 is 1. The summed E-state index contributed by atoms with van der Waals surface area (Å²) in [7, 11) is 1.66. The van der Waals surface area contributed by atoms with Crippen molar-refractivity contribution in [3.05, 3.63) is 22.2 Å². The molecule has 1 aromatic carbocycles. The Hall–Kier alpha value is -0.740. The fourth-order valence-corrected chi connectivity index (χ4v) is 2.77. The summed E-state index contributed by atoms with van der Waals surface area (Å²) >= 11 is 3.55. The van der Waals surface area contributed by atoms with Crippen molar-refractivity contribution >= 4 is 15.9 Å². The molecule has 0 aromatic heterocycles. The van der Waals surface area contributed by atoms with E-state index in [1.165, 1.54) is 6.42 Å². The Morgan fingerprint density at radius 2 is 2.05 bits per heavy atom. The molecule has 1 N–H and O–H groups in total. The highest BCUT2D eigenvalue weighted by molar-refractivity contribution is 9.10. The number of ether oxygens (including phenoxy) is 2. The van der Waals surface area contributed by atoms with Gasteiger partial charge in [-0.15, -0.1) is 0 Å². The van der Waals surface area contributed by atoms with Crippen molar-refractivity contribution in [1.29, 1.82) is 0 Å². The molecule has 104 valence electrons. The van der Waals surface area contributed by atoms with E-state index in [0.717, 1.165) is 47.2 Å². The standard InChI is InChI=1S/C15H19BrO3/c1-18-13-8-12(16)10(9-15(17)5-6-15)7-14(13)19-11-3-2-4-11/h7-8,11,17H,2-6,9H2,1H3. The van der Waals surface area contributed by atoms with Crippen molar-refractivity contribution in [2.24, 2.45) is 0 Å². The van der Waals surface area contributed by atoms with Crippen molar-refractivity contribution < 1.29 is 14.6 Å². The third-order valence-electron chi connectivity index (χ3n) is 4.03. The molecule has 0 atom stereocenters. The highest BCUT2D eigenvalue weighted by Gasteiger charge is 2.40. The normalized spacial score (nSPS) is 20.8. The van der Waals surface area contributed by atoms with Crippen LogP contribution in [0.15, 0.2) is 16.6 Å². The zero-order valence-electron chi connectivity index (χ0n) is 11.1. The van der Waals surface area contributed by atoms with Crippen molar-refractivity contribution in [3.63, 3.8) is 0 Å². The summed E-state index contributed by atoms with van der Waals surface area (Å²) in [4.78, 5) is 0. The van der Waals surface area contributed by atoms with Gasteiger partial charge in [-0.05, 0) is 49.8 Å². The number of benzene rings is 1. The molecule has 4 heteroatoms. The van der Waals surface area contributed by atoms with Crippen LogP contribution in [0.3, 0.4) is 0 Å². The smallest absolute Gasteiger partial charge is 0.161 e. The minimum atomic E-state index is -0.495. The first-order valence-electron chi connectivity index (χ1n) is 6.85. The maximum Gasteiger partial charge on any atom is 0.161 e. The van der Waals surface area contributed by atoms with Crippen LogP contribution in [0.1, 0.15) is 37.7 Å². The van der Waals surface area contributed by atoms with Crippen molar-refractivity contribution in [2.45, 2.75) is 50.2 Å². The molecule has 0 aliphatic heterocycles. The highest BCUT2D eigenvalue weighted by Crippen LogP contribution is 2.43. The second-order valence-corrected chi connectivity index (χ2v) is 6.52. The summed E-state index contributed by atoms with van der Waals surface area (Å²) in [6, 6.07) is 3.95. The number of hydrogen-bond acceptors (Lipinski definition) is 3. The maximum atomic E-state index is 10.1. The van der Waals surface area contributed by atoms with Gasteiger partial charge in [0.1, 0.15) is 0 Å². The average molecular weight is 327 g/mol. The molecule has 2 saturated carbocycles. The lowest BCUT2D eigenvalue weighted by molar-refractivity contribution is 0.115. The monoisotopic (exact) mass is 326 g/mol. The van der Waals surface area contributed by atoms with Crippen LogP contribution in [0.5, 0.6) is 11.5 Å². The predicted molar refractivity (Wildman–Crippen MR) is 76.8 cm³/mol. The zero-order valence-corrected chi connectivity index (χ0v) is 12.7. The minimum Gasteiger partial charge on any atom is -0.493 e. The van der Waals surface area contributed by atoms with E-state index in [4.69, 9.17) is 9.47 Å². The Kier molecular flexibility index (Phi) is 3.48. The van der Waals surface area contributed by atoms with Gasteiger partial charge in [0.15, 0.2) is 11.5 Å². The molecule has 0 heterocycles. The first-order chi connectivity index (χ1) is 9.09. The Balaban J connectivity index is 1.84. The molecule has 0 amide bonds. The fourth-order valence-electron chi connectivity index (χ4n) is 2.31. The van der Waals surface area contributed by atoms with Crippen LogP contribution < -0.4 is 9.47 Å². The van der Waals surface area contributed by atoms with E-state index < -0.39 is 5.60 Å². The molecular weight excluding hydrogens is 308 g/mol. The summed E-state index contributed by atoms with van der Waals surface area (Å²) in [6.07, 6.45) is 6.28. The van der Waals surface area contributed by atoms with E-state index >= 15 is 0 Å². The van der Waals surface area contributed by atoms with Gasteiger partial charge in [-0.2, -0.15) is 0 Å². The van der Waals surface area contributed by atoms with Crippen LogP contribution in [-0.4, -0.2) is 23.9 Å². The first-order valence-corrected chi connectivity index (χ1v) is 7.64. The van der Waals surface area contributed by atoms with E-state index in [9.17, 15) is 5.11 Å². The van der Waals surface area contributed by atoms with Crippen LogP contribution in [0, 0.1) is 0 Å². The van der Waals surface area contributed by atoms with Crippen LogP contribution >= 0.6 is 15.9 Å². The van der Waals surface area contributed by atoms with E-state index in [0.29, 0.717) is 12.5 Å². The Morgan fingerprint density at radius 3 is 2.58 bits per heavy atom. The van der Waals surface area contributed by atoms with Gasteiger partial charge in [0.25, 0.3) is 0 Å². The number of aliphatic hydroxyl groups is 1. The minimum absolute atomic E-state index is 0.326. The number of rotatable bonds is 5. The van der Waals surface area contributed by atoms with E-state index in [1.807, 2.05) is 12.1 Å². The third kappa shape index (κ3) is 2.90. The number of hydrogen-bond donors (Lipinski definition) is 1. The quantitative estimate of drug-likeness (QED) is 0.900. The van der Waals surface area contributed by atoms with Crippen molar-refractivity contribution in [1.82, 2.24) is 0 Å². The lowest BCUT2D eigenvalue weighted by Crippen LogP contribution is -2.25. The van der Waals surface area contributed by atoms with Gasteiger partial charge in [-0.25, -0.2) is 0 Å². The molecule has 19 heavy (non-hydrogen) atoms. The highest BCUT2D eigenvalue weighted by atomic mass is 79.9. The molecule has 2 fully saturated rings. The van der Waals surface area contributed by atoms with Crippen LogP contribution in [0.4, 0.5) is 0 Å². The van der Waals surface area contributed by atoms with Crippen LogP contribution in [-0.2, 0) is 6.42 Å². The predicted octanol–water partition coefficient (Wildman–Crippen LogP) is 3.46. The molecule has 0 saturated heterocycles. The zero-order chi connectivity index (χ0) is 13.5. The molecule has 1 aromatic rings. The summed E-state index contributed by atoms with van der Waals surface area (Å²) in [5, 5.41) is 10.1. The summed E-state index contributed by atoms with van der Waals surface area (Å²) in [6.45, 7) is 0. The lowest BCUT2D eigenvalue weighted by Gasteiger charge is -2.27. The van der Waals surface area contributed by atoms with Gasteiger partial charge in [-0.1, -0.05) is 15.9 Å². The van der Waals surface area contributed by atoms with Gasteiger partial charge < -0.3 is 14.6 Å². The molecule has 0 unspecified atom stereocenters. The Bertz CT molecular complexity index is 479. The van der Waals surface area contributed by atoms with Gasteiger partial charge in [-0.3, -0.25) is 0 Å². The van der Waals surface area contributed by atoms with Gasteiger partial charge in [0, 0.05) is 10.9 Å². The van der Waals surface area contributed by atoms with Gasteiger partial charge in [0.05, 0.1) is 18.8 Å². The summed E-state index contributed by atoms with van der Waals surface area (Å²) in [5.41, 5.74) is 0.598. The molecule has 3 rings (SSSR count). The molecule has 0 radical (unpaired) electrons. The Labute approximate surface area is 122 Å².